The van der Waals surface area contributed by atoms with E-state index in [9.17, 15) is 8.78 Å². The van der Waals surface area contributed by atoms with E-state index in [0.29, 0.717) is 16.7 Å². The van der Waals surface area contributed by atoms with Crippen LogP contribution >= 0.6 is 12.2 Å². The molecule has 2 heterocycles. The third-order valence-corrected chi connectivity index (χ3v) is 3.61. The number of fused-ring (bicyclic) bond motifs is 1. The molecule has 1 aromatic carbocycles. The molecule has 0 saturated heterocycles. The Balaban J connectivity index is 2.51. The highest BCUT2D eigenvalue weighted by atomic mass is 32.1. The zero-order chi connectivity index (χ0) is 14.6. The summed E-state index contributed by atoms with van der Waals surface area (Å²) in [6, 6.07) is 2.63. The van der Waals surface area contributed by atoms with Crippen LogP contribution in [0.2, 0.25) is 0 Å². The molecule has 0 aliphatic rings. The van der Waals surface area contributed by atoms with Gasteiger partial charge in [0.05, 0.1) is 5.69 Å². The number of aromatic amines is 1. The quantitative estimate of drug-likeness (QED) is 0.699. The molecule has 2 aromatic heterocycles. The average Bonchev–Trinajstić information content (AvgIpc) is 2.85. The van der Waals surface area contributed by atoms with Crippen LogP contribution in [0.25, 0.3) is 16.9 Å². The lowest BCUT2D eigenvalue weighted by Crippen LogP contribution is -2.06. The van der Waals surface area contributed by atoms with Crippen molar-refractivity contribution in [3.05, 3.63) is 39.8 Å². The van der Waals surface area contributed by atoms with Crippen molar-refractivity contribution >= 4 is 23.4 Å². The van der Waals surface area contributed by atoms with Gasteiger partial charge in [0, 0.05) is 7.05 Å². The van der Waals surface area contributed by atoms with Crippen LogP contribution in [0.3, 0.4) is 0 Å². The summed E-state index contributed by atoms with van der Waals surface area (Å²) < 4.78 is 31.5. The molecular formula is C13H12F2N4S. The van der Waals surface area contributed by atoms with Crippen molar-refractivity contribution in [2.45, 2.75) is 13.8 Å². The lowest BCUT2D eigenvalue weighted by atomic mass is 10.2. The predicted octanol–water partition coefficient (Wildman–Crippen LogP) is 3.32. The summed E-state index contributed by atoms with van der Waals surface area (Å²) in [6.45, 7) is 3.39. The normalized spacial score (nSPS) is 11.4. The molecule has 104 valence electrons. The molecular weight excluding hydrogens is 282 g/mol. The SMILES string of the molecule is Cc1ccc(F)c(-n2c(=S)[nH]c3c(C)nn(C)c32)c1F. The number of nitrogens with one attached hydrogen (secondary N) is 1. The number of halogens is 2. The summed E-state index contributed by atoms with van der Waals surface area (Å²) in [7, 11) is 1.71. The van der Waals surface area contributed by atoms with Crippen molar-refractivity contribution < 1.29 is 8.78 Å². The lowest BCUT2D eigenvalue weighted by Gasteiger charge is -2.09. The molecule has 0 aliphatic heterocycles. The van der Waals surface area contributed by atoms with Crippen LogP contribution in [0.15, 0.2) is 12.1 Å². The minimum atomic E-state index is -0.663. The number of hydrogen-bond donors (Lipinski definition) is 1. The number of rotatable bonds is 1. The molecule has 3 aromatic rings. The molecule has 1 N–H and O–H groups in total. The summed E-state index contributed by atoms with van der Waals surface area (Å²) >= 11 is 5.20. The molecule has 0 unspecified atom stereocenters. The van der Waals surface area contributed by atoms with E-state index in [4.69, 9.17) is 12.2 Å². The van der Waals surface area contributed by atoms with Gasteiger partial charge in [0.15, 0.2) is 16.2 Å². The van der Waals surface area contributed by atoms with Gasteiger partial charge in [-0.05, 0) is 37.7 Å². The maximum Gasteiger partial charge on any atom is 0.184 e. The fraction of sp³-hybridized carbons (Fsp3) is 0.231. The smallest absolute Gasteiger partial charge is 0.184 e. The van der Waals surface area contributed by atoms with Crippen molar-refractivity contribution in [1.82, 2.24) is 19.3 Å². The Morgan fingerprint density at radius 1 is 1.25 bits per heavy atom. The standard InChI is InChI=1S/C13H12F2N4S/c1-6-4-5-8(14)11(9(6)15)19-12-10(16-13(19)20)7(2)17-18(12)3/h4-5H,1-3H3,(H,16,20). The van der Waals surface area contributed by atoms with E-state index >= 15 is 0 Å². The summed E-state index contributed by atoms with van der Waals surface area (Å²) in [5, 5.41) is 4.23. The van der Waals surface area contributed by atoms with E-state index in [1.165, 1.54) is 16.7 Å². The molecule has 3 rings (SSSR count). The Morgan fingerprint density at radius 2 is 1.95 bits per heavy atom. The third-order valence-electron chi connectivity index (χ3n) is 3.32. The second-order valence-corrected chi connectivity index (χ2v) is 5.09. The summed E-state index contributed by atoms with van der Waals surface area (Å²) in [6.07, 6.45) is 0. The summed E-state index contributed by atoms with van der Waals surface area (Å²) in [5.74, 6) is -1.29. The van der Waals surface area contributed by atoms with Crippen molar-refractivity contribution in [3.8, 4) is 5.69 Å². The van der Waals surface area contributed by atoms with Gasteiger partial charge in [0.25, 0.3) is 0 Å². The van der Waals surface area contributed by atoms with Crippen LogP contribution in [-0.2, 0) is 7.05 Å². The van der Waals surface area contributed by atoms with Crippen LogP contribution in [0.4, 0.5) is 8.78 Å². The largest absolute Gasteiger partial charge is 0.327 e. The number of H-pyrrole nitrogens is 1. The maximum absolute atomic E-state index is 14.3. The Morgan fingerprint density at radius 3 is 2.65 bits per heavy atom. The number of hydrogen-bond acceptors (Lipinski definition) is 2. The first-order chi connectivity index (χ1) is 9.41. The number of aromatic nitrogens is 4. The van der Waals surface area contributed by atoms with Crippen molar-refractivity contribution in [3.63, 3.8) is 0 Å². The fourth-order valence-electron chi connectivity index (χ4n) is 2.36. The maximum atomic E-state index is 14.3. The van der Waals surface area contributed by atoms with E-state index < -0.39 is 11.6 Å². The first-order valence-corrected chi connectivity index (χ1v) is 6.42. The highest BCUT2D eigenvalue weighted by molar-refractivity contribution is 7.71. The predicted molar refractivity (Wildman–Crippen MR) is 74.6 cm³/mol. The van der Waals surface area contributed by atoms with Crippen LogP contribution in [-0.4, -0.2) is 19.3 Å². The second-order valence-electron chi connectivity index (χ2n) is 4.70. The average molecular weight is 294 g/mol. The molecule has 0 spiro atoms. The highest BCUT2D eigenvalue weighted by Gasteiger charge is 2.20. The number of imidazole rings is 1. The molecule has 0 bridgehead atoms. The Hall–Kier alpha value is -2.02. The third kappa shape index (κ3) is 1.62. The minimum Gasteiger partial charge on any atom is -0.327 e. The highest BCUT2D eigenvalue weighted by Crippen LogP contribution is 2.26. The van der Waals surface area contributed by atoms with E-state index in [1.54, 1.807) is 25.6 Å². The van der Waals surface area contributed by atoms with Gasteiger partial charge in [0.2, 0.25) is 0 Å². The summed E-state index contributed by atoms with van der Waals surface area (Å²) in [4.78, 5) is 2.95. The summed E-state index contributed by atoms with van der Waals surface area (Å²) in [5.41, 5.74) is 2.12. The molecule has 0 amide bonds. The van der Waals surface area contributed by atoms with E-state index in [2.05, 4.69) is 10.1 Å². The molecule has 4 nitrogen and oxygen atoms in total. The second kappa shape index (κ2) is 4.24. The van der Waals surface area contributed by atoms with Crippen LogP contribution < -0.4 is 0 Å². The number of nitrogens with zero attached hydrogens (tertiary/aromatic N) is 3. The molecule has 0 atom stereocenters. The van der Waals surface area contributed by atoms with Gasteiger partial charge in [-0.25, -0.2) is 13.5 Å². The van der Waals surface area contributed by atoms with Gasteiger partial charge in [0.1, 0.15) is 17.0 Å². The fourth-order valence-corrected chi connectivity index (χ4v) is 2.64. The van der Waals surface area contributed by atoms with Gasteiger partial charge in [-0.3, -0.25) is 4.57 Å². The topological polar surface area (TPSA) is 38.5 Å². The number of benzene rings is 1. The molecule has 0 aliphatic carbocycles. The Kier molecular flexibility index (Phi) is 2.75. The van der Waals surface area contributed by atoms with Crippen LogP contribution in [0, 0.1) is 30.3 Å². The first kappa shape index (κ1) is 13.0. The molecule has 7 heteroatoms. The minimum absolute atomic E-state index is 0.177. The molecule has 0 radical (unpaired) electrons. The number of aryl methyl sites for hydroxylation is 3. The van der Waals surface area contributed by atoms with Crippen molar-refractivity contribution in [1.29, 1.82) is 0 Å². The van der Waals surface area contributed by atoms with E-state index in [1.807, 2.05) is 0 Å². The zero-order valence-corrected chi connectivity index (χ0v) is 12.0. The van der Waals surface area contributed by atoms with E-state index in [-0.39, 0.29) is 10.5 Å². The first-order valence-electron chi connectivity index (χ1n) is 6.01. The lowest BCUT2D eigenvalue weighted by molar-refractivity contribution is 0.562. The van der Waals surface area contributed by atoms with Crippen LogP contribution in [0.5, 0.6) is 0 Å². The molecule has 20 heavy (non-hydrogen) atoms. The van der Waals surface area contributed by atoms with Gasteiger partial charge in [-0.15, -0.1) is 0 Å². The van der Waals surface area contributed by atoms with Gasteiger partial charge in [-0.1, -0.05) is 6.07 Å². The van der Waals surface area contributed by atoms with E-state index in [0.717, 1.165) is 5.69 Å². The Bertz CT molecular complexity index is 888. The monoisotopic (exact) mass is 294 g/mol. The van der Waals surface area contributed by atoms with Crippen molar-refractivity contribution in [2.75, 3.05) is 0 Å². The van der Waals surface area contributed by atoms with Crippen LogP contribution in [0.1, 0.15) is 11.3 Å². The zero-order valence-electron chi connectivity index (χ0n) is 11.2. The van der Waals surface area contributed by atoms with Gasteiger partial charge >= 0.3 is 0 Å². The van der Waals surface area contributed by atoms with Gasteiger partial charge in [-0.2, -0.15) is 5.10 Å². The molecule has 0 saturated carbocycles. The molecule has 0 fully saturated rings. The van der Waals surface area contributed by atoms with Crippen molar-refractivity contribution in [2.24, 2.45) is 7.05 Å². The Labute approximate surface area is 118 Å². The van der Waals surface area contributed by atoms with Gasteiger partial charge < -0.3 is 4.98 Å².